The van der Waals surface area contributed by atoms with E-state index in [1.807, 2.05) is 25.1 Å². The highest BCUT2D eigenvalue weighted by molar-refractivity contribution is 7.04. The summed E-state index contributed by atoms with van der Waals surface area (Å²) in [5.41, 5.74) is 2.65. The van der Waals surface area contributed by atoms with E-state index in [-0.39, 0.29) is 11.4 Å². The smallest absolute Gasteiger partial charge is 0.282 e. The summed E-state index contributed by atoms with van der Waals surface area (Å²) in [6, 6.07) is 5.59. The van der Waals surface area contributed by atoms with E-state index in [9.17, 15) is 4.79 Å². The van der Waals surface area contributed by atoms with Gasteiger partial charge in [-0.3, -0.25) is 8.75 Å². The summed E-state index contributed by atoms with van der Waals surface area (Å²) in [5.74, 6) is 0.316. The Bertz CT molecular complexity index is 810. The van der Waals surface area contributed by atoms with Gasteiger partial charge in [-0.2, -0.15) is 4.99 Å². The summed E-state index contributed by atoms with van der Waals surface area (Å²) in [5, 5.41) is 0. The van der Waals surface area contributed by atoms with Crippen molar-refractivity contribution in [3.05, 3.63) is 45.8 Å². The summed E-state index contributed by atoms with van der Waals surface area (Å²) in [6.45, 7) is 10.6. The minimum absolute atomic E-state index is 0.0243. The molecule has 0 fully saturated rings. The molecule has 0 radical (unpaired) electrons. The SMILES string of the molecule is CCCCc1cn(C(C)(C)C)s/c1=N\C(=O)c1cc(C)ccc1OC. The fourth-order valence-electron chi connectivity index (χ4n) is 2.48. The number of hydrogen-bond acceptors (Lipinski definition) is 3. The monoisotopic (exact) mass is 360 g/mol. The van der Waals surface area contributed by atoms with Crippen LogP contribution >= 0.6 is 11.5 Å². The van der Waals surface area contributed by atoms with Gasteiger partial charge in [-0.05, 0) is 64.2 Å². The molecule has 0 N–H and O–H groups in total. The minimum atomic E-state index is -0.249. The maximum Gasteiger partial charge on any atom is 0.282 e. The van der Waals surface area contributed by atoms with Gasteiger partial charge in [-0.1, -0.05) is 25.0 Å². The van der Waals surface area contributed by atoms with E-state index in [0.717, 1.165) is 35.1 Å². The lowest BCUT2D eigenvalue weighted by Gasteiger charge is -2.19. The van der Waals surface area contributed by atoms with E-state index < -0.39 is 0 Å². The number of amides is 1. The molecule has 0 saturated carbocycles. The Morgan fingerprint density at radius 3 is 2.64 bits per heavy atom. The second-order valence-corrected chi connectivity index (χ2v) is 8.23. The zero-order valence-electron chi connectivity index (χ0n) is 16.0. The number of rotatable bonds is 5. The van der Waals surface area contributed by atoms with Gasteiger partial charge in [0.2, 0.25) is 0 Å². The highest BCUT2D eigenvalue weighted by Gasteiger charge is 2.17. The van der Waals surface area contributed by atoms with Crippen LogP contribution in [0.15, 0.2) is 29.4 Å². The van der Waals surface area contributed by atoms with Crippen molar-refractivity contribution >= 4 is 17.4 Å². The fourth-order valence-corrected chi connectivity index (χ4v) is 3.51. The van der Waals surface area contributed by atoms with Crippen molar-refractivity contribution < 1.29 is 9.53 Å². The van der Waals surface area contributed by atoms with Crippen LogP contribution < -0.4 is 9.41 Å². The van der Waals surface area contributed by atoms with Gasteiger partial charge in [-0.25, -0.2) is 0 Å². The number of ether oxygens (including phenoxy) is 1. The Balaban J connectivity index is 2.50. The zero-order valence-corrected chi connectivity index (χ0v) is 16.9. The lowest BCUT2D eigenvalue weighted by Crippen LogP contribution is -2.18. The Hall–Kier alpha value is -1.88. The van der Waals surface area contributed by atoms with E-state index in [2.05, 4.69) is 42.8 Å². The molecule has 4 nitrogen and oxygen atoms in total. The summed E-state index contributed by atoms with van der Waals surface area (Å²) in [6.07, 6.45) is 5.28. The lowest BCUT2D eigenvalue weighted by atomic mass is 10.1. The van der Waals surface area contributed by atoms with E-state index in [4.69, 9.17) is 4.74 Å². The third-order valence-electron chi connectivity index (χ3n) is 3.98. The summed E-state index contributed by atoms with van der Waals surface area (Å²) < 4.78 is 8.31. The average molecular weight is 361 g/mol. The molecule has 2 aromatic rings. The van der Waals surface area contributed by atoms with Crippen LogP contribution in [0.25, 0.3) is 0 Å². The second-order valence-electron chi connectivity index (χ2n) is 7.27. The molecule has 0 unspecified atom stereocenters. The molecule has 0 aliphatic rings. The first-order chi connectivity index (χ1) is 11.8. The van der Waals surface area contributed by atoms with Crippen molar-refractivity contribution in [1.29, 1.82) is 0 Å². The number of nitrogens with zero attached hydrogens (tertiary/aromatic N) is 2. The molecule has 1 aromatic heterocycles. The van der Waals surface area contributed by atoms with Crippen LogP contribution in [-0.2, 0) is 12.0 Å². The maximum atomic E-state index is 12.8. The molecule has 1 amide bonds. The van der Waals surface area contributed by atoms with Crippen LogP contribution in [0.1, 0.15) is 62.0 Å². The molecule has 2 rings (SSSR count). The quantitative estimate of drug-likeness (QED) is 0.775. The van der Waals surface area contributed by atoms with Gasteiger partial charge in [0, 0.05) is 17.3 Å². The summed E-state index contributed by atoms with van der Waals surface area (Å²) >= 11 is 1.55. The van der Waals surface area contributed by atoms with Crippen molar-refractivity contribution in [1.82, 2.24) is 3.96 Å². The van der Waals surface area contributed by atoms with Gasteiger partial charge in [0.15, 0.2) is 0 Å². The molecule has 0 aliphatic carbocycles. The molecule has 1 heterocycles. The number of benzene rings is 1. The van der Waals surface area contributed by atoms with E-state index in [1.54, 1.807) is 18.6 Å². The van der Waals surface area contributed by atoms with Crippen LogP contribution in [0.3, 0.4) is 0 Å². The Kier molecular flexibility index (Phi) is 6.22. The molecule has 0 atom stereocenters. The molecule has 1 aromatic carbocycles. The number of aromatic nitrogens is 1. The normalized spacial score (nSPS) is 12.5. The molecule has 0 spiro atoms. The molecular formula is C20H28N2O2S. The largest absolute Gasteiger partial charge is 0.496 e. The van der Waals surface area contributed by atoms with Crippen LogP contribution in [-0.4, -0.2) is 17.0 Å². The van der Waals surface area contributed by atoms with Crippen molar-refractivity contribution in [2.24, 2.45) is 4.99 Å². The van der Waals surface area contributed by atoms with E-state index in [0.29, 0.717) is 11.3 Å². The number of carbonyl (C=O) groups is 1. The van der Waals surface area contributed by atoms with Gasteiger partial charge in [0.25, 0.3) is 5.91 Å². The predicted octanol–water partition coefficient (Wildman–Crippen LogP) is 4.71. The molecule has 0 bridgehead atoms. The highest BCUT2D eigenvalue weighted by Crippen LogP contribution is 2.21. The first-order valence-electron chi connectivity index (χ1n) is 8.72. The van der Waals surface area contributed by atoms with E-state index in [1.165, 1.54) is 0 Å². The van der Waals surface area contributed by atoms with Crippen molar-refractivity contribution in [3.63, 3.8) is 0 Å². The molecule has 5 heteroatoms. The van der Waals surface area contributed by atoms with Gasteiger partial charge in [0.05, 0.1) is 12.7 Å². The zero-order chi connectivity index (χ0) is 18.6. The van der Waals surface area contributed by atoms with E-state index >= 15 is 0 Å². The number of unbranched alkanes of at least 4 members (excludes halogenated alkanes) is 1. The molecule has 136 valence electrons. The summed E-state index contributed by atoms with van der Waals surface area (Å²) in [4.78, 5) is 17.2. The lowest BCUT2D eigenvalue weighted by molar-refractivity contribution is 0.0996. The van der Waals surface area contributed by atoms with Gasteiger partial charge < -0.3 is 4.74 Å². The number of hydrogen-bond donors (Lipinski definition) is 0. The second kappa shape index (κ2) is 8.00. The third kappa shape index (κ3) is 4.82. The Labute approximate surface area is 154 Å². The van der Waals surface area contributed by atoms with Crippen molar-refractivity contribution in [3.8, 4) is 5.75 Å². The maximum absolute atomic E-state index is 12.8. The fraction of sp³-hybridized carbons (Fsp3) is 0.500. The van der Waals surface area contributed by atoms with Crippen molar-refractivity contribution in [2.45, 2.75) is 59.4 Å². The molecule has 25 heavy (non-hydrogen) atoms. The standard InChI is InChI=1S/C20H28N2O2S/c1-7-8-9-15-13-22(20(3,4)5)25-19(15)21-18(23)16-12-14(2)10-11-17(16)24-6/h10-13H,7-9H2,1-6H3/b21-19-. The number of methoxy groups -OCH3 is 1. The number of carbonyl (C=O) groups excluding carboxylic acids is 1. The minimum Gasteiger partial charge on any atom is -0.496 e. The van der Waals surface area contributed by atoms with Crippen LogP contribution in [0.2, 0.25) is 0 Å². The Morgan fingerprint density at radius 2 is 2.04 bits per heavy atom. The topological polar surface area (TPSA) is 43.6 Å². The summed E-state index contributed by atoms with van der Waals surface area (Å²) in [7, 11) is 1.58. The molecular weight excluding hydrogens is 332 g/mol. The predicted molar refractivity (Wildman–Crippen MR) is 104 cm³/mol. The Morgan fingerprint density at radius 1 is 1.32 bits per heavy atom. The van der Waals surface area contributed by atoms with Crippen LogP contribution in [0.4, 0.5) is 0 Å². The van der Waals surface area contributed by atoms with Gasteiger partial charge in [0.1, 0.15) is 10.4 Å². The number of aryl methyl sites for hydroxylation is 2. The molecule has 0 saturated heterocycles. The van der Waals surface area contributed by atoms with Gasteiger partial charge in [-0.15, -0.1) is 0 Å². The first-order valence-corrected chi connectivity index (χ1v) is 9.49. The average Bonchev–Trinajstić information content (AvgIpc) is 2.95. The third-order valence-corrected chi connectivity index (χ3v) is 5.36. The molecule has 0 aliphatic heterocycles. The van der Waals surface area contributed by atoms with Gasteiger partial charge >= 0.3 is 0 Å². The van der Waals surface area contributed by atoms with Crippen LogP contribution in [0, 0.1) is 6.92 Å². The first kappa shape index (κ1) is 19.4. The van der Waals surface area contributed by atoms with Crippen molar-refractivity contribution in [2.75, 3.05) is 7.11 Å². The highest BCUT2D eigenvalue weighted by atomic mass is 32.1. The van der Waals surface area contributed by atoms with Crippen LogP contribution in [0.5, 0.6) is 5.75 Å².